The Morgan fingerprint density at radius 1 is 1.79 bits per heavy atom. The average Bonchev–Trinajstić information content (AvgIpc) is 2.51. The van der Waals surface area contributed by atoms with Crippen molar-refractivity contribution in [3.63, 3.8) is 0 Å². The van der Waals surface area contributed by atoms with E-state index in [9.17, 15) is 4.79 Å². The van der Waals surface area contributed by atoms with Crippen LogP contribution in [0.3, 0.4) is 0 Å². The average molecular weight is 198 g/mol. The first kappa shape index (κ1) is 10.6. The van der Waals surface area contributed by atoms with E-state index < -0.39 is 12.0 Å². The van der Waals surface area contributed by atoms with E-state index in [1.54, 1.807) is 4.68 Å². The molecule has 78 valence electrons. The van der Waals surface area contributed by atoms with Crippen LogP contribution in [0.4, 0.5) is 0 Å². The van der Waals surface area contributed by atoms with Crippen LogP contribution in [0.2, 0.25) is 0 Å². The minimum absolute atomic E-state index is 0.453. The first-order valence-electron chi connectivity index (χ1n) is 4.44. The third-order valence-electron chi connectivity index (χ3n) is 1.87. The summed E-state index contributed by atoms with van der Waals surface area (Å²) in [6, 6.07) is -0.778. The maximum atomic E-state index is 10.4. The van der Waals surface area contributed by atoms with Crippen LogP contribution in [-0.4, -0.2) is 32.1 Å². The SMILES string of the molecule is Cc1cn(CCC[C@H](N)C(=O)O)nn1. The van der Waals surface area contributed by atoms with Gasteiger partial charge in [0.05, 0.1) is 5.69 Å². The largest absolute Gasteiger partial charge is 0.480 e. The summed E-state index contributed by atoms with van der Waals surface area (Å²) >= 11 is 0. The number of nitrogens with two attached hydrogens (primary N) is 1. The molecule has 1 aromatic heterocycles. The third-order valence-corrected chi connectivity index (χ3v) is 1.87. The number of aliphatic carboxylic acids is 1. The van der Waals surface area contributed by atoms with Crippen LogP contribution >= 0.6 is 0 Å². The lowest BCUT2D eigenvalue weighted by Crippen LogP contribution is -2.30. The first-order chi connectivity index (χ1) is 6.59. The number of carbonyl (C=O) groups is 1. The van der Waals surface area contributed by atoms with Gasteiger partial charge in [0.15, 0.2) is 0 Å². The predicted molar refractivity (Wildman–Crippen MR) is 49.6 cm³/mol. The molecule has 0 aliphatic rings. The lowest BCUT2D eigenvalue weighted by Gasteiger charge is -2.05. The van der Waals surface area contributed by atoms with Gasteiger partial charge < -0.3 is 10.8 Å². The molecule has 1 aromatic rings. The van der Waals surface area contributed by atoms with Crippen molar-refractivity contribution in [2.75, 3.05) is 0 Å². The predicted octanol–water partition coefficient (Wildman–Crippen LogP) is -0.221. The summed E-state index contributed by atoms with van der Waals surface area (Å²) in [5.74, 6) is -0.959. The number of aromatic nitrogens is 3. The number of hydrogen-bond donors (Lipinski definition) is 2. The van der Waals surface area contributed by atoms with Crippen LogP contribution < -0.4 is 5.73 Å². The molecule has 14 heavy (non-hydrogen) atoms. The van der Waals surface area contributed by atoms with Crippen LogP contribution in [0.25, 0.3) is 0 Å². The monoisotopic (exact) mass is 198 g/mol. The highest BCUT2D eigenvalue weighted by Crippen LogP contribution is 1.98. The molecule has 0 saturated carbocycles. The molecule has 3 N–H and O–H groups in total. The summed E-state index contributed by atoms with van der Waals surface area (Å²) in [5.41, 5.74) is 6.20. The molecule has 0 aromatic carbocycles. The Morgan fingerprint density at radius 3 is 3.00 bits per heavy atom. The zero-order valence-electron chi connectivity index (χ0n) is 8.05. The van der Waals surface area contributed by atoms with E-state index in [1.165, 1.54) is 0 Å². The second-order valence-corrected chi connectivity index (χ2v) is 3.21. The van der Waals surface area contributed by atoms with Gasteiger partial charge in [-0.15, -0.1) is 5.10 Å². The van der Waals surface area contributed by atoms with Crippen LogP contribution in [-0.2, 0) is 11.3 Å². The Labute approximate surface area is 81.7 Å². The highest BCUT2D eigenvalue weighted by Gasteiger charge is 2.10. The first-order valence-corrected chi connectivity index (χ1v) is 4.44. The van der Waals surface area contributed by atoms with Gasteiger partial charge in [-0.2, -0.15) is 0 Å². The topological polar surface area (TPSA) is 94.0 Å². The molecule has 6 nitrogen and oxygen atoms in total. The van der Waals surface area contributed by atoms with Gasteiger partial charge in [0.25, 0.3) is 0 Å². The van der Waals surface area contributed by atoms with Crippen molar-refractivity contribution in [1.29, 1.82) is 0 Å². The molecule has 0 fully saturated rings. The van der Waals surface area contributed by atoms with Gasteiger partial charge in [0, 0.05) is 12.7 Å². The van der Waals surface area contributed by atoms with Crippen LogP contribution in [0.5, 0.6) is 0 Å². The van der Waals surface area contributed by atoms with Gasteiger partial charge in [0.2, 0.25) is 0 Å². The molecular formula is C8H14N4O2. The number of carboxylic acid groups (broad SMARTS) is 1. The van der Waals surface area contributed by atoms with Crippen molar-refractivity contribution >= 4 is 5.97 Å². The molecule has 0 spiro atoms. The van der Waals surface area contributed by atoms with Crippen molar-refractivity contribution in [2.24, 2.45) is 5.73 Å². The molecule has 6 heteroatoms. The van der Waals surface area contributed by atoms with Gasteiger partial charge in [-0.3, -0.25) is 9.48 Å². The molecule has 0 bridgehead atoms. The highest BCUT2D eigenvalue weighted by molar-refractivity contribution is 5.72. The quantitative estimate of drug-likeness (QED) is 0.682. The number of carboxylic acids is 1. The van der Waals surface area contributed by atoms with E-state index in [2.05, 4.69) is 10.3 Å². The minimum atomic E-state index is -0.959. The summed E-state index contributed by atoms with van der Waals surface area (Å²) in [4.78, 5) is 10.4. The lowest BCUT2D eigenvalue weighted by molar-refractivity contribution is -0.138. The third kappa shape index (κ3) is 3.14. The van der Waals surface area contributed by atoms with Crippen molar-refractivity contribution in [1.82, 2.24) is 15.0 Å². The molecule has 0 aliphatic carbocycles. The fourth-order valence-electron chi connectivity index (χ4n) is 1.10. The Morgan fingerprint density at radius 2 is 2.50 bits per heavy atom. The summed E-state index contributed by atoms with van der Waals surface area (Å²) < 4.78 is 1.68. The van der Waals surface area contributed by atoms with Crippen LogP contribution in [0, 0.1) is 6.92 Å². The Kier molecular flexibility index (Phi) is 3.58. The molecule has 0 radical (unpaired) electrons. The smallest absolute Gasteiger partial charge is 0.320 e. The van der Waals surface area contributed by atoms with E-state index in [0.717, 1.165) is 5.69 Å². The zero-order chi connectivity index (χ0) is 10.6. The van der Waals surface area contributed by atoms with E-state index in [0.29, 0.717) is 19.4 Å². The van der Waals surface area contributed by atoms with Gasteiger partial charge in [-0.05, 0) is 19.8 Å². The number of nitrogens with zero attached hydrogens (tertiary/aromatic N) is 3. The van der Waals surface area contributed by atoms with E-state index in [1.807, 2.05) is 13.1 Å². The van der Waals surface area contributed by atoms with Crippen LogP contribution in [0.1, 0.15) is 18.5 Å². The highest BCUT2D eigenvalue weighted by atomic mass is 16.4. The molecule has 1 heterocycles. The maximum Gasteiger partial charge on any atom is 0.320 e. The fraction of sp³-hybridized carbons (Fsp3) is 0.625. The molecule has 1 rings (SSSR count). The summed E-state index contributed by atoms with van der Waals surface area (Å²) in [5, 5.41) is 16.2. The summed E-state index contributed by atoms with van der Waals surface area (Å²) in [7, 11) is 0. The molecule has 1 atom stereocenters. The summed E-state index contributed by atoms with van der Waals surface area (Å²) in [6.07, 6.45) is 2.96. The van der Waals surface area contributed by atoms with Crippen molar-refractivity contribution in [2.45, 2.75) is 32.4 Å². The number of rotatable bonds is 5. The molecule has 0 unspecified atom stereocenters. The van der Waals surface area contributed by atoms with Crippen molar-refractivity contribution in [3.05, 3.63) is 11.9 Å². The van der Waals surface area contributed by atoms with Crippen molar-refractivity contribution in [3.8, 4) is 0 Å². The Bertz CT molecular complexity index is 310. The van der Waals surface area contributed by atoms with Gasteiger partial charge in [0.1, 0.15) is 6.04 Å². The molecule has 0 saturated heterocycles. The van der Waals surface area contributed by atoms with E-state index in [-0.39, 0.29) is 0 Å². The number of hydrogen-bond acceptors (Lipinski definition) is 4. The second kappa shape index (κ2) is 4.71. The maximum absolute atomic E-state index is 10.4. The zero-order valence-corrected chi connectivity index (χ0v) is 8.05. The lowest BCUT2D eigenvalue weighted by atomic mass is 10.2. The fourth-order valence-corrected chi connectivity index (χ4v) is 1.10. The molecule has 0 amide bonds. The van der Waals surface area contributed by atoms with Crippen LogP contribution in [0.15, 0.2) is 6.20 Å². The summed E-state index contributed by atoms with van der Waals surface area (Å²) in [6.45, 7) is 2.51. The van der Waals surface area contributed by atoms with Gasteiger partial charge >= 0.3 is 5.97 Å². The molecule has 0 aliphatic heterocycles. The Hall–Kier alpha value is -1.43. The van der Waals surface area contributed by atoms with E-state index >= 15 is 0 Å². The van der Waals surface area contributed by atoms with Crippen molar-refractivity contribution < 1.29 is 9.90 Å². The number of aryl methyl sites for hydroxylation is 2. The Balaban J connectivity index is 2.25. The van der Waals surface area contributed by atoms with Gasteiger partial charge in [-0.25, -0.2) is 0 Å². The van der Waals surface area contributed by atoms with E-state index in [4.69, 9.17) is 10.8 Å². The minimum Gasteiger partial charge on any atom is -0.480 e. The normalized spacial score (nSPS) is 12.7. The second-order valence-electron chi connectivity index (χ2n) is 3.21. The van der Waals surface area contributed by atoms with Gasteiger partial charge in [-0.1, -0.05) is 5.21 Å². The standard InChI is InChI=1S/C8H14N4O2/c1-6-5-12(11-10-6)4-2-3-7(9)8(13)14/h5,7H,2-4,9H2,1H3,(H,13,14)/t7-/m0/s1. The molecular weight excluding hydrogens is 184 g/mol.